The molecule has 0 rings (SSSR count). The van der Waals surface area contributed by atoms with Crippen LogP contribution in [0.1, 0.15) is 32.6 Å². The van der Waals surface area contributed by atoms with Gasteiger partial charge >= 0.3 is 0 Å². The molecule has 1 unspecified atom stereocenters. The van der Waals surface area contributed by atoms with Gasteiger partial charge in [0.15, 0.2) is 5.78 Å². The van der Waals surface area contributed by atoms with Crippen molar-refractivity contribution in [3.05, 3.63) is 0 Å². The Kier molecular flexibility index (Phi) is 8.56. The van der Waals surface area contributed by atoms with Crippen LogP contribution in [0.5, 0.6) is 0 Å². The van der Waals surface area contributed by atoms with Gasteiger partial charge in [-0.15, -0.1) is 0 Å². The second kappa shape index (κ2) is 7.76. The predicted molar refractivity (Wildman–Crippen MR) is 65.8 cm³/mol. The van der Waals surface area contributed by atoms with Gasteiger partial charge in [0.1, 0.15) is 0 Å². The molecule has 0 bridgehead atoms. The molecule has 0 aliphatic heterocycles. The van der Waals surface area contributed by atoms with Crippen LogP contribution in [0, 0.1) is 0 Å². The summed E-state index contributed by atoms with van der Waals surface area (Å²) in [5.74, 6) is 0.391. The molecule has 66 valence electrons. The van der Waals surface area contributed by atoms with Crippen LogP contribution in [0.4, 0.5) is 0 Å². The summed E-state index contributed by atoms with van der Waals surface area (Å²) in [5.41, 5.74) is 0. The van der Waals surface area contributed by atoms with E-state index in [2.05, 4.69) is 52.1 Å². The second-order valence-electron chi connectivity index (χ2n) is 2.56. The van der Waals surface area contributed by atoms with Crippen molar-refractivity contribution in [2.24, 2.45) is 0 Å². The van der Waals surface area contributed by atoms with Crippen LogP contribution in [0.3, 0.4) is 0 Å². The largest absolute Gasteiger partial charge is 0.298 e. The third-order valence-electron chi connectivity index (χ3n) is 1.54. The number of hydrogen-bond acceptors (Lipinski definition) is 1. The van der Waals surface area contributed by atoms with E-state index in [0.29, 0.717) is 10.2 Å². The summed E-state index contributed by atoms with van der Waals surface area (Å²) in [7, 11) is 0. The summed E-state index contributed by atoms with van der Waals surface area (Å²) in [6.07, 6.45) is 4.76. The van der Waals surface area contributed by atoms with Crippen molar-refractivity contribution < 1.29 is 4.79 Å². The highest BCUT2D eigenvalue weighted by Gasteiger charge is 2.11. The van der Waals surface area contributed by atoms with Crippen LogP contribution >= 0.6 is 45.2 Å². The van der Waals surface area contributed by atoms with Crippen LogP contribution in [-0.4, -0.2) is 14.1 Å². The SMILES string of the molecule is CCCCCC(I)C(=O)CI. The Hall–Kier alpha value is 1.13. The molecule has 0 N–H and O–H groups in total. The van der Waals surface area contributed by atoms with Gasteiger partial charge in [0.25, 0.3) is 0 Å². The zero-order valence-corrected chi connectivity index (χ0v) is 11.1. The minimum Gasteiger partial charge on any atom is -0.298 e. The molecular weight excluding hydrogens is 366 g/mol. The van der Waals surface area contributed by atoms with E-state index in [4.69, 9.17) is 0 Å². The number of alkyl halides is 2. The summed E-state index contributed by atoms with van der Waals surface area (Å²) >= 11 is 4.39. The molecule has 1 atom stereocenters. The molecule has 0 aliphatic carbocycles. The normalized spacial score (nSPS) is 13.0. The predicted octanol–water partition coefficient (Wildman–Crippen LogP) is 3.37. The number of ketones is 1. The lowest BCUT2D eigenvalue weighted by atomic mass is 10.1. The molecule has 1 nitrogen and oxygen atoms in total. The van der Waals surface area contributed by atoms with Crippen LogP contribution < -0.4 is 0 Å². The van der Waals surface area contributed by atoms with E-state index >= 15 is 0 Å². The lowest BCUT2D eigenvalue weighted by Gasteiger charge is -2.04. The Morgan fingerprint density at radius 2 is 2.09 bits per heavy atom. The highest BCUT2D eigenvalue weighted by Crippen LogP contribution is 2.13. The summed E-state index contributed by atoms with van der Waals surface area (Å²) < 4.78 is 0.924. The highest BCUT2D eigenvalue weighted by molar-refractivity contribution is 14.1. The maximum atomic E-state index is 11.1. The van der Waals surface area contributed by atoms with Crippen molar-refractivity contribution in [2.45, 2.75) is 36.5 Å². The van der Waals surface area contributed by atoms with Crippen LogP contribution in [-0.2, 0) is 4.79 Å². The van der Waals surface area contributed by atoms with Gasteiger partial charge in [0.2, 0.25) is 0 Å². The van der Waals surface area contributed by atoms with E-state index in [-0.39, 0.29) is 3.92 Å². The van der Waals surface area contributed by atoms with Crippen LogP contribution in [0.2, 0.25) is 0 Å². The Labute approximate surface area is 96.0 Å². The van der Waals surface area contributed by atoms with Crippen molar-refractivity contribution in [3.8, 4) is 0 Å². The highest BCUT2D eigenvalue weighted by atomic mass is 127. The molecule has 0 aromatic carbocycles. The number of hydrogen-bond donors (Lipinski definition) is 0. The van der Waals surface area contributed by atoms with Crippen LogP contribution in [0.25, 0.3) is 0 Å². The number of Topliss-reactive ketones (excluding diaryl/α,β-unsaturated/α-hetero) is 1. The van der Waals surface area contributed by atoms with Crippen molar-refractivity contribution >= 4 is 51.0 Å². The molecule has 0 amide bonds. The van der Waals surface area contributed by atoms with Gasteiger partial charge < -0.3 is 0 Å². The Morgan fingerprint density at radius 1 is 1.45 bits per heavy atom. The topological polar surface area (TPSA) is 17.1 Å². The van der Waals surface area contributed by atoms with E-state index in [9.17, 15) is 4.79 Å². The molecule has 11 heavy (non-hydrogen) atoms. The summed E-state index contributed by atoms with van der Waals surface area (Å²) in [4.78, 5) is 11.1. The third kappa shape index (κ3) is 6.31. The first-order valence-corrected chi connectivity index (χ1v) is 6.72. The van der Waals surface area contributed by atoms with Gasteiger partial charge in [0.05, 0.1) is 8.35 Å². The first kappa shape index (κ1) is 12.1. The zero-order valence-electron chi connectivity index (χ0n) is 6.78. The number of unbranched alkanes of at least 4 members (excludes halogenated alkanes) is 2. The molecule has 0 aromatic rings. The van der Waals surface area contributed by atoms with Gasteiger partial charge in [0, 0.05) is 0 Å². The first-order chi connectivity index (χ1) is 5.22. The second-order valence-corrected chi connectivity index (χ2v) is 4.83. The fraction of sp³-hybridized carbons (Fsp3) is 0.875. The molecule has 3 heteroatoms. The maximum absolute atomic E-state index is 11.1. The maximum Gasteiger partial charge on any atom is 0.155 e. The van der Waals surface area contributed by atoms with E-state index in [1.54, 1.807) is 0 Å². The van der Waals surface area contributed by atoms with E-state index in [1.807, 2.05) is 0 Å². The Morgan fingerprint density at radius 3 is 2.55 bits per heavy atom. The lowest BCUT2D eigenvalue weighted by Crippen LogP contribution is -2.14. The fourth-order valence-electron chi connectivity index (χ4n) is 0.818. The van der Waals surface area contributed by atoms with Gasteiger partial charge in [-0.25, -0.2) is 0 Å². The number of halogens is 2. The molecule has 0 fully saturated rings. The molecule has 0 spiro atoms. The third-order valence-corrected chi connectivity index (χ3v) is 3.61. The lowest BCUT2D eigenvalue weighted by molar-refractivity contribution is -0.115. The molecule has 0 aliphatic rings. The van der Waals surface area contributed by atoms with Crippen molar-refractivity contribution in [1.82, 2.24) is 0 Å². The number of carbonyl (C=O) groups excluding carboxylic acids is 1. The zero-order chi connectivity index (χ0) is 8.69. The van der Waals surface area contributed by atoms with Crippen LogP contribution in [0.15, 0.2) is 0 Å². The minimum absolute atomic E-state index is 0.260. The molecule has 0 saturated heterocycles. The quantitative estimate of drug-likeness (QED) is 0.393. The summed E-state index contributed by atoms with van der Waals surface area (Å²) in [6, 6.07) is 0. The van der Waals surface area contributed by atoms with E-state index in [1.165, 1.54) is 19.3 Å². The summed E-state index contributed by atoms with van der Waals surface area (Å²) in [5, 5.41) is 0. The average Bonchev–Trinajstić information content (AvgIpc) is 2.03. The first-order valence-electron chi connectivity index (χ1n) is 3.95. The van der Waals surface area contributed by atoms with Crippen molar-refractivity contribution in [2.75, 3.05) is 4.43 Å². The fourth-order valence-corrected chi connectivity index (χ4v) is 2.85. The van der Waals surface area contributed by atoms with E-state index in [0.717, 1.165) is 6.42 Å². The average molecular weight is 380 g/mol. The Balaban J connectivity index is 3.36. The Bertz CT molecular complexity index is 115. The monoisotopic (exact) mass is 380 g/mol. The molecular formula is C8H14I2O. The standard InChI is InChI=1S/C8H14I2O/c1-2-3-4-5-7(10)8(11)6-9/h7H,2-6H2,1H3. The van der Waals surface area contributed by atoms with Crippen molar-refractivity contribution in [3.63, 3.8) is 0 Å². The molecule has 0 saturated carbocycles. The van der Waals surface area contributed by atoms with E-state index < -0.39 is 0 Å². The molecule has 0 radical (unpaired) electrons. The van der Waals surface area contributed by atoms with Gasteiger partial charge in [-0.2, -0.15) is 0 Å². The van der Waals surface area contributed by atoms with Gasteiger partial charge in [-0.05, 0) is 6.42 Å². The molecule has 0 heterocycles. The van der Waals surface area contributed by atoms with Gasteiger partial charge in [-0.3, -0.25) is 4.79 Å². The van der Waals surface area contributed by atoms with Gasteiger partial charge in [-0.1, -0.05) is 71.4 Å². The number of carbonyl (C=O) groups is 1. The molecule has 0 aromatic heterocycles. The van der Waals surface area contributed by atoms with Crippen molar-refractivity contribution in [1.29, 1.82) is 0 Å². The minimum atomic E-state index is 0.260. The number of rotatable bonds is 6. The smallest absolute Gasteiger partial charge is 0.155 e. The summed E-state index contributed by atoms with van der Waals surface area (Å²) in [6.45, 7) is 2.18.